The molecular formula is C19H18N2O3. The van der Waals surface area contributed by atoms with Crippen molar-refractivity contribution >= 4 is 16.9 Å². The van der Waals surface area contributed by atoms with Gasteiger partial charge >= 0.3 is 0 Å². The van der Waals surface area contributed by atoms with Gasteiger partial charge in [-0.15, -0.1) is 0 Å². The van der Waals surface area contributed by atoms with Crippen LogP contribution in [0.3, 0.4) is 0 Å². The molecule has 0 aliphatic heterocycles. The van der Waals surface area contributed by atoms with Gasteiger partial charge in [-0.1, -0.05) is 12.1 Å². The lowest BCUT2D eigenvalue weighted by Gasteiger charge is -2.31. The van der Waals surface area contributed by atoms with Gasteiger partial charge in [-0.3, -0.25) is 9.78 Å². The predicted molar refractivity (Wildman–Crippen MR) is 90.5 cm³/mol. The number of pyridine rings is 1. The number of amides is 1. The second kappa shape index (κ2) is 6.09. The van der Waals surface area contributed by atoms with Crippen LogP contribution in [-0.2, 0) is 0 Å². The van der Waals surface area contributed by atoms with Crippen molar-refractivity contribution in [2.45, 2.75) is 18.9 Å². The molecule has 0 saturated heterocycles. The van der Waals surface area contributed by atoms with Crippen LogP contribution in [0, 0.1) is 5.92 Å². The molecule has 2 aromatic heterocycles. The van der Waals surface area contributed by atoms with Crippen molar-refractivity contribution in [3.63, 3.8) is 0 Å². The SMILES string of the molecule is O=C(NC[C@H]1C[C@@H](O)C1)c1ccc(-c2nccc3occc23)cc1. The number of aliphatic hydroxyl groups excluding tert-OH is 1. The van der Waals surface area contributed by atoms with Crippen molar-refractivity contribution in [2.75, 3.05) is 6.54 Å². The Kier molecular flexibility index (Phi) is 3.78. The molecule has 2 N–H and O–H groups in total. The summed E-state index contributed by atoms with van der Waals surface area (Å²) in [6, 6.07) is 11.1. The Balaban J connectivity index is 1.48. The van der Waals surface area contributed by atoms with Crippen molar-refractivity contribution in [1.29, 1.82) is 0 Å². The second-order valence-electron chi connectivity index (χ2n) is 6.27. The van der Waals surface area contributed by atoms with E-state index in [1.54, 1.807) is 24.6 Å². The van der Waals surface area contributed by atoms with Crippen LogP contribution in [0.2, 0.25) is 0 Å². The minimum atomic E-state index is -0.190. The number of carbonyl (C=O) groups excluding carboxylic acids is 1. The topological polar surface area (TPSA) is 75.4 Å². The highest BCUT2D eigenvalue weighted by Gasteiger charge is 2.27. The number of hydrogen-bond acceptors (Lipinski definition) is 4. The fourth-order valence-electron chi connectivity index (χ4n) is 3.11. The number of nitrogens with zero attached hydrogens (tertiary/aromatic N) is 1. The highest BCUT2D eigenvalue weighted by Crippen LogP contribution is 2.28. The smallest absolute Gasteiger partial charge is 0.251 e. The Morgan fingerprint density at radius 1 is 1.21 bits per heavy atom. The van der Waals surface area contributed by atoms with Gasteiger partial charge in [-0.25, -0.2) is 0 Å². The Hall–Kier alpha value is -2.66. The third-order valence-electron chi connectivity index (χ3n) is 4.56. The second-order valence-corrected chi connectivity index (χ2v) is 6.27. The zero-order valence-corrected chi connectivity index (χ0v) is 13.1. The summed E-state index contributed by atoms with van der Waals surface area (Å²) in [6.07, 6.45) is 4.73. The molecular weight excluding hydrogens is 304 g/mol. The first kappa shape index (κ1) is 14.9. The third-order valence-corrected chi connectivity index (χ3v) is 4.56. The van der Waals surface area contributed by atoms with Crippen molar-refractivity contribution < 1.29 is 14.3 Å². The maximum absolute atomic E-state index is 12.2. The monoisotopic (exact) mass is 322 g/mol. The predicted octanol–water partition coefficient (Wildman–Crippen LogP) is 3.00. The molecule has 3 aromatic rings. The van der Waals surface area contributed by atoms with E-state index in [2.05, 4.69) is 10.3 Å². The molecule has 5 nitrogen and oxygen atoms in total. The lowest BCUT2D eigenvalue weighted by Crippen LogP contribution is -2.38. The number of fused-ring (bicyclic) bond motifs is 1. The van der Waals surface area contributed by atoms with E-state index in [1.165, 1.54) is 0 Å². The fourth-order valence-corrected chi connectivity index (χ4v) is 3.11. The maximum atomic E-state index is 12.2. The molecule has 5 heteroatoms. The van der Waals surface area contributed by atoms with E-state index in [-0.39, 0.29) is 12.0 Å². The molecule has 0 atom stereocenters. The number of hydrogen-bond donors (Lipinski definition) is 2. The quantitative estimate of drug-likeness (QED) is 0.774. The van der Waals surface area contributed by atoms with Crippen LogP contribution < -0.4 is 5.32 Å². The Labute approximate surface area is 139 Å². The van der Waals surface area contributed by atoms with Crippen LogP contribution >= 0.6 is 0 Å². The van der Waals surface area contributed by atoms with E-state index in [1.807, 2.05) is 24.3 Å². The van der Waals surface area contributed by atoms with Gasteiger partial charge in [-0.05, 0) is 43.0 Å². The molecule has 1 amide bonds. The van der Waals surface area contributed by atoms with E-state index in [0.29, 0.717) is 18.0 Å². The number of benzene rings is 1. The normalized spacial score (nSPS) is 19.9. The summed E-state index contributed by atoms with van der Waals surface area (Å²) < 4.78 is 5.40. The van der Waals surface area contributed by atoms with Gasteiger partial charge < -0.3 is 14.8 Å². The summed E-state index contributed by atoms with van der Waals surface area (Å²) in [5.41, 5.74) is 3.21. The average molecular weight is 322 g/mol. The first-order valence-corrected chi connectivity index (χ1v) is 8.09. The van der Waals surface area contributed by atoms with Gasteiger partial charge in [0.2, 0.25) is 0 Å². The number of aliphatic hydroxyl groups is 1. The minimum absolute atomic E-state index is 0.0857. The maximum Gasteiger partial charge on any atom is 0.251 e. The highest BCUT2D eigenvalue weighted by atomic mass is 16.3. The van der Waals surface area contributed by atoms with E-state index < -0.39 is 0 Å². The molecule has 122 valence electrons. The summed E-state index contributed by atoms with van der Waals surface area (Å²) in [7, 11) is 0. The summed E-state index contributed by atoms with van der Waals surface area (Å²) in [5.74, 6) is 0.309. The molecule has 2 heterocycles. The lowest BCUT2D eigenvalue weighted by molar-refractivity contribution is 0.0420. The molecule has 0 unspecified atom stereocenters. The average Bonchev–Trinajstić information content (AvgIpc) is 3.06. The molecule has 0 radical (unpaired) electrons. The standard InChI is InChI=1S/C19H18N2O3/c22-15-9-12(10-15)11-21-19(23)14-3-1-13(2-4-14)18-16-6-8-24-17(16)5-7-20-18/h1-8,12,15,22H,9-11H2,(H,21,23)/t12-,15+. The van der Waals surface area contributed by atoms with Gasteiger partial charge in [0.1, 0.15) is 5.58 Å². The largest absolute Gasteiger partial charge is 0.464 e. The number of nitrogens with one attached hydrogen (secondary N) is 1. The highest BCUT2D eigenvalue weighted by molar-refractivity contribution is 5.96. The molecule has 1 saturated carbocycles. The van der Waals surface area contributed by atoms with Crippen LogP contribution in [0.25, 0.3) is 22.2 Å². The zero-order valence-electron chi connectivity index (χ0n) is 13.1. The van der Waals surface area contributed by atoms with E-state index in [4.69, 9.17) is 4.42 Å². The Morgan fingerprint density at radius 3 is 2.75 bits per heavy atom. The first-order chi connectivity index (χ1) is 11.7. The van der Waals surface area contributed by atoms with E-state index in [0.717, 1.165) is 35.1 Å². The number of carbonyl (C=O) groups is 1. The van der Waals surface area contributed by atoms with Crippen molar-refractivity contribution in [3.05, 3.63) is 54.4 Å². The van der Waals surface area contributed by atoms with Gasteiger partial charge in [0, 0.05) is 29.3 Å². The first-order valence-electron chi connectivity index (χ1n) is 8.09. The van der Waals surface area contributed by atoms with Gasteiger partial charge in [0.25, 0.3) is 5.91 Å². The minimum Gasteiger partial charge on any atom is -0.464 e. The lowest BCUT2D eigenvalue weighted by atomic mass is 9.82. The van der Waals surface area contributed by atoms with Crippen molar-refractivity contribution in [2.24, 2.45) is 5.92 Å². The summed E-state index contributed by atoms with van der Waals surface area (Å²) in [4.78, 5) is 16.6. The molecule has 0 bridgehead atoms. The molecule has 1 aromatic carbocycles. The van der Waals surface area contributed by atoms with Crippen molar-refractivity contribution in [1.82, 2.24) is 10.3 Å². The van der Waals surface area contributed by atoms with Crippen LogP contribution in [0.15, 0.2) is 53.3 Å². The summed E-state index contributed by atoms with van der Waals surface area (Å²) in [5, 5.41) is 13.2. The Morgan fingerprint density at radius 2 is 2.00 bits per heavy atom. The van der Waals surface area contributed by atoms with E-state index in [9.17, 15) is 9.90 Å². The van der Waals surface area contributed by atoms with Crippen LogP contribution in [-0.4, -0.2) is 28.6 Å². The number of rotatable bonds is 4. The Bertz CT molecular complexity index is 864. The molecule has 1 aliphatic rings. The molecule has 0 spiro atoms. The van der Waals surface area contributed by atoms with Gasteiger partial charge in [-0.2, -0.15) is 0 Å². The fraction of sp³-hybridized carbons (Fsp3) is 0.263. The number of furan rings is 1. The summed E-state index contributed by atoms with van der Waals surface area (Å²) in [6.45, 7) is 0.619. The van der Waals surface area contributed by atoms with Gasteiger partial charge in [0.05, 0.1) is 18.1 Å². The molecule has 1 aliphatic carbocycles. The van der Waals surface area contributed by atoms with Crippen LogP contribution in [0.4, 0.5) is 0 Å². The molecule has 4 rings (SSSR count). The van der Waals surface area contributed by atoms with Gasteiger partial charge in [0.15, 0.2) is 0 Å². The molecule has 1 fully saturated rings. The third kappa shape index (κ3) is 2.78. The van der Waals surface area contributed by atoms with Crippen LogP contribution in [0.1, 0.15) is 23.2 Å². The van der Waals surface area contributed by atoms with E-state index >= 15 is 0 Å². The van der Waals surface area contributed by atoms with Crippen molar-refractivity contribution in [3.8, 4) is 11.3 Å². The zero-order chi connectivity index (χ0) is 16.5. The number of aromatic nitrogens is 1. The summed E-state index contributed by atoms with van der Waals surface area (Å²) >= 11 is 0. The molecule has 24 heavy (non-hydrogen) atoms. The van der Waals surface area contributed by atoms with Crippen LogP contribution in [0.5, 0.6) is 0 Å².